The first-order chi connectivity index (χ1) is 11.1. The highest BCUT2D eigenvalue weighted by molar-refractivity contribution is 6.31. The van der Waals surface area contributed by atoms with Crippen LogP contribution < -0.4 is 16.4 Å². The van der Waals surface area contributed by atoms with Crippen molar-refractivity contribution in [1.82, 2.24) is 10.6 Å². The third kappa shape index (κ3) is 5.30. The predicted octanol–water partition coefficient (Wildman–Crippen LogP) is 2.24. The standard InChI is InChI=1S/C17H18ClN3O2/c18-14-9-5-4-8-13(14)11-20-16(22)15(21-17(19)23)10-12-6-2-1-3-7-12/h1-9,15H,10-11H2,(H,20,22)(H3,19,21,23)/t15-/m0/s1. The number of halogens is 1. The van der Waals surface area contributed by atoms with Crippen molar-refractivity contribution in [2.24, 2.45) is 5.73 Å². The number of amides is 3. The van der Waals surface area contributed by atoms with Gasteiger partial charge in [0.05, 0.1) is 0 Å². The van der Waals surface area contributed by atoms with Gasteiger partial charge in [0.15, 0.2) is 0 Å². The summed E-state index contributed by atoms with van der Waals surface area (Å²) in [4.78, 5) is 23.5. The molecule has 0 aliphatic heterocycles. The second kappa shape index (κ2) is 8.19. The van der Waals surface area contributed by atoms with Gasteiger partial charge in [0.2, 0.25) is 5.91 Å². The highest BCUT2D eigenvalue weighted by Crippen LogP contribution is 2.14. The van der Waals surface area contributed by atoms with E-state index in [1.54, 1.807) is 6.07 Å². The smallest absolute Gasteiger partial charge is 0.312 e. The lowest BCUT2D eigenvalue weighted by Crippen LogP contribution is -2.49. The second-order valence-corrected chi connectivity index (χ2v) is 5.47. The van der Waals surface area contributed by atoms with E-state index in [-0.39, 0.29) is 12.5 Å². The van der Waals surface area contributed by atoms with Gasteiger partial charge in [-0.3, -0.25) is 4.79 Å². The minimum absolute atomic E-state index is 0.282. The molecule has 0 bridgehead atoms. The second-order valence-electron chi connectivity index (χ2n) is 5.06. The molecule has 0 spiro atoms. The number of primary amides is 1. The number of carbonyl (C=O) groups excluding carboxylic acids is 2. The Balaban J connectivity index is 2.01. The third-order valence-corrected chi connectivity index (χ3v) is 3.70. The van der Waals surface area contributed by atoms with Crippen molar-refractivity contribution in [2.45, 2.75) is 19.0 Å². The van der Waals surface area contributed by atoms with Crippen LogP contribution >= 0.6 is 11.6 Å². The summed E-state index contributed by atoms with van der Waals surface area (Å²) in [6.07, 6.45) is 0.359. The van der Waals surface area contributed by atoms with E-state index in [1.807, 2.05) is 48.5 Å². The first-order valence-corrected chi connectivity index (χ1v) is 7.55. The summed E-state index contributed by atoms with van der Waals surface area (Å²) < 4.78 is 0. The monoisotopic (exact) mass is 331 g/mol. The van der Waals surface area contributed by atoms with Crippen LogP contribution in [0.1, 0.15) is 11.1 Å². The Bertz CT molecular complexity index is 677. The van der Waals surface area contributed by atoms with Crippen LogP contribution in [0.4, 0.5) is 4.79 Å². The molecule has 0 aliphatic carbocycles. The van der Waals surface area contributed by atoms with E-state index < -0.39 is 12.1 Å². The molecule has 120 valence electrons. The molecule has 4 N–H and O–H groups in total. The zero-order chi connectivity index (χ0) is 16.7. The zero-order valence-corrected chi connectivity index (χ0v) is 13.2. The molecule has 0 saturated carbocycles. The molecule has 0 unspecified atom stereocenters. The maximum atomic E-state index is 12.3. The first-order valence-electron chi connectivity index (χ1n) is 7.17. The van der Waals surface area contributed by atoms with Crippen molar-refractivity contribution in [3.05, 3.63) is 70.7 Å². The highest BCUT2D eigenvalue weighted by Gasteiger charge is 2.20. The number of hydrogen-bond acceptors (Lipinski definition) is 2. The molecule has 6 heteroatoms. The maximum absolute atomic E-state index is 12.3. The Morgan fingerprint density at radius 2 is 1.70 bits per heavy atom. The zero-order valence-electron chi connectivity index (χ0n) is 12.5. The molecule has 0 heterocycles. The lowest BCUT2D eigenvalue weighted by molar-refractivity contribution is -0.123. The Kier molecular flexibility index (Phi) is 6.00. The lowest BCUT2D eigenvalue weighted by atomic mass is 10.1. The van der Waals surface area contributed by atoms with E-state index in [0.29, 0.717) is 11.4 Å². The SMILES string of the molecule is NC(=O)N[C@@H](Cc1ccccc1)C(=O)NCc1ccccc1Cl. The van der Waals surface area contributed by atoms with Crippen LogP contribution in [0.5, 0.6) is 0 Å². The minimum atomic E-state index is -0.739. The van der Waals surface area contributed by atoms with Crippen LogP contribution in [0.15, 0.2) is 54.6 Å². The molecule has 1 atom stereocenters. The molecule has 23 heavy (non-hydrogen) atoms. The number of nitrogens with two attached hydrogens (primary N) is 1. The summed E-state index contributed by atoms with van der Waals surface area (Å²) in [6, 6.07) is 15.2. The lowest BCUT2D eigenvalue weighted by Gasteiger charge is -2.17. The van der Waals surface area contributed by atoms with E-state index in [9.17, 15) is 9.59 Å². The average molecular weight is 332 g/mol. The molecule has 0 saturated heterocycles. The summed E-state index contributed by atoms with van der Waals surface area (Å²) in [5.41, 5.74) is 6.90. The van der Waals surface area contributed by atoms with Crippen molar-refractivity contribution in [1.29, 1.82) is 0 Å². The average Bonchev–Trinajstić information content (AvgIpc) is 2.54. The predicted molar refractivity (Wildman–Crippen MR) is 90.0 cm³/mol. The topological polar surface area (TPSA) is 84.2 Å². The van der Waals surface area contributed by atoms with Gasteiger partial charge in [-0.25, -0.2) is 4.79 Å². The summed E-state index contributed by atoms with van der Waals surface area (Å²) in [5.74, 6) is -0.312. The molecule has 5 nitrogen and oxygen atoms in total. The van der Waals surface area contributed by atoms with Crippen molar-refractivity contribution < 1.29 is 9.59 Å². The molecule has 0 fully saturated rings. The summed E-state index contributed by atoms with van der Waals surface area (Å²) in [5, 5.41) is 5.82. The number of urea groups is 1. The van der Waals surface area contributed by atoms with Gasteiger partial charge in [-0.15, -0.1) is 0 Å². The Hall–Kier alpha value is -2.53. The summed E-state index contributed by atoms with van der Waals surface area (Å²) >= 11 is 6.06. The molecule has 0 aromatic heterocycles. The quantitative estimate of drug-likeness (QED) is 0.758. The van der Waals surface area contributed by atoms with Crippen molar-refractivity contribution in [3.63, 3.8) is 0 Å². The van der Waals surface area contributed by atoms with Gasteiger partial charge in [0.25, 0.3) is 0 Å². The molecule has 2 rings (SSSR count). The first kappa shape index (κ1) is 16.8. The van der Waals surface area contributed by atoms with Gasteiger partial charge in [-0.1, -0.05) is 60.1 Å². The summed E-state index contributed by atoms with van der Waals surface area (Å²) in [7, 11) is 0. The molecule has 0 aliphatic rings. The van der Waals surface area contributed by atoms with Crippen LogP contribution in [0, 0.1) is 0 Å². The Morgan fingerprint density at radius 3 is 2.35 bits per heavy atom. The van der Waals surface area contributed by atoms with Gasteiger partial charge in [0, 0.05) is 18.0 Å². The largest absolute Gasteiger partial charge is 0.352 e. The van der Waals surface area contributed by atoms with Gasteiger partial charge in [-0.2, -0.15) is 0 Å². The van der Waals surface area contributed by atoms with Gasteiger partial charge >= 0.3 is 6.03 Å². The Labute approximate surface area is 139 Å². The molecule has 2 aromatic rings. The molecule has 3 amide bonds. The third-order valence-electron chi connectivity index (χ3n) is 3.33. The maximum Gasteiger partial charge on any atom is 0.312 e. The van der Waals surface area contributed by atoms with Crippen molar-refractivity contribution in [3.8, 4) is 0 Å². The van der Waals surface area contributed by atoms with E-state index in [4.69, 9.17) is 17.3 Å². The van der Waals surface area contributed by atoms with Gasteiger partial charge in [-0.05, 0) is 17.2 Å². The summed E-state index contributed by atoms with van der Waals surface area (Å²) in [6.45, 7) is 0.282. The number of nitrogens with one attached hydrogen (secondary N) is 2. The van der Waals surface area contributed by atoms with E-state index in [2.05, 4.69) is 10.6 Å². The number of benzene rings is 2. The molecular formula is C17H18ClN3O2. The minimum Gasteiger partial charge on any atom is -0.352 e. The van der Waals surface area contributed by atoms with Crippen LogP contribution in [0.3, 0.4) is 0 Å². The number of rotatable bonds is 6. The van der Waals surface area contributed by atoms with Crippen LogP contribution in [-0.2, 0) is 17.8 Å². The molecule has 2 aromatic carbocycles. The number of hydrogen-bond donors (Lipinski definition) is 3. The van der Waals surface area contributed by atoms with Crippen LogP contribution in [0.2, 0.25) is 5.02 Å². The van der Waals surface area contributed by atoms with Gasteiger partial charge in [0.1, 0.15) is 6.04 Å². The van der Waals surface area contributed by atoms with Crippen molar-refractivity contribution in [2.75, 3.05) is 0 Å². The van der Waals surface area contributed by atoms with Gasteiger partial charge < -0.3 is 16.4 Å². The molecular weight excluding hydrogens is 314 g/mol. The number of carbonyl (C=O) groups is 2. The molecule has 0 radical (unpaired) electrons. The normalized spacial score (nSPS) is 11.5. The van der Waals surface area contributed by atoms with Crippen LogP contribution in [-0.4, -0.2) is 18.0 Å². The van der Waals surface area contributed by atoms with Crippen LogP contribution in [0.25, 0.3) is 0 Å². The highest BCUT2D eigenvalue weighted by atomic mass is 35.5. The fraction of sp³-hybridized carbons (Fsp3) is 0.176. The van der Waals surface area contributed by atoms with E-state index in [1.165, 1.54) is 0 Å². The van der Waals surface area contributed by atoms with E-state index >= 15 is 0 Å². The fourth-order valence-electron chi connectivity index (χ4n) is 2.18. The van der Waals surface area contributed by atoms with Crippen molar-refractivity contribution >= 4 is 23.5 Å². The Morgan fingerprint density at radius 1 is 1.04 bits per heavy atom. The van der Waals surface area contributed by atoms with E-state index in [0.717, 1.165) is 11.1 Å². The fourth-order valence-corrected chi connectivity index (χ4v) is 2.38.